The molecule has 0 aromatic heterocycles. The number of aliphatic hydroxyl groups is 11. The zero-order chi connectivity index (χ0) is 30.8. The number of aliphatic hydroxyl groups excluding tert-OH is 10. The number of hydrogen-bond donors (Lipinski definition) is 11. The molecule has 3 fully saturated rings. The molecule has 0 aromatic carbocycles. The van der Waals surface area contributed by atoms with Crippen LogP contribution >= 0.6 is 0 Å². The summed E-state index contributed by atoms with van der Waals surface area (Å²) in [5.74, 6) is 0. The lowest BCUT2D eigenvalue weighted by atomic mass is 9.96. The van der Waals surface area contributed by atoms with Gasteiger partial charge in [-0.3, -0.25) is 0 Å². The normalized spacial score (nSPS) is 46.8. The Morgan fingerprint density at radius 1 is 0.634 bits per heavy atom. The summed E-state index contributed by atoms with van der Waals surface area (Å²) in [4.78, 5) is 0. The van der Waals surface area contributed by atoms with Gasteiger partial charge in [0.15, 0.2) is 18.9 Å². The van der Waals surface area contributed by atoms with E-state index in [4.69, 9.17) is 28.4 Å². The summed E-state index contributed by atoms with van der Waals surface area (Å²) in [6.45, 7) is 2.60. The first-order valence-electron chi connectivity index (χ1n) is 13.4. The minimum absolute atomic E-state index is 0.251. The maximum absolute atomic E-state index is 11.0. The van der Waals surface area contributed by atoms with E-state index in [2.05, 4.69) is 0 Å². The summed E-state index contributed by atoms with van der Waals surface area (Å²) in [6, 6.07) is 0. The fourth-order valence-electron chi connectivity index (χ4n) is 4.95. The van der Waals surface area contributed by atoms with Gasteiger partial charge in [-0.25, -0.2) is 0 Å². The monoisotopic (exact) mass is 604 g/mol. The highest BCUT2D eigenvalue weighted by atomic mass is 16.8. The van der Waals surface area contributed by atoms with Gasteiger partial charge in [-0.05, 0) is 20.3 Å². The molecule has 3 heterocycles. The van der Waals surface area contributed by atoms with Crippen LogP contribution in [0.3, 0.4) is 0 Å². The summed E-state index contributed by atoms with van der Waals surface area (Å²) in [5.41, 5.74) is -1.42. The molecule has 17 heteroatoms. The lowest BCUT2D eigenvalue weighted by molar-refractivity contribution is -0.380. The van der Waals surface area contributed by atoms with Crippen molar-refractivity contribution in [1.29, 1.82) is 0 Å². The largest absolute Gasteiger partial charge is 0.394 e. The molecule has 17 nitrogen and oxygen atoms in total. The van der Waals surface area contributed by atoms with E-state index in [9.17, 15) is 56.2 Å². The Kier molecular flexibility index (Phi) is 12.2. The molecule has 11 N–H and O–H groups in total. The van der Waals surface area contributed by atoms with E-state index >= 15 is 0 Å². The van der Waals surface area contributed by atoms with Gasteiger partial charge < -0.3 is 84.6 Å². The molecule has 41 heavy (non-hydrogen) atoms. The van der Waals surface area contributed by atoms with Crippen LogP contribution in [0.2, 0.25) is 0 Å². The molecule has 0 amide bonds. The standard InChI is InChI=1S/C24H44O17/c1-4-11(24(2,3)35)40-23-20(41-22-19(34)16(31)13(28)9(6-26)38-22)17(32)14(29)10(39-23)7-36-21-18(33)15(30)12(27)8(5-25)37-21/h8-23,25-35H,4-7H2,1-3H3. The molecule has 16 atom stereocenters. The summed E-state index contributed by atoms with van der Waals surface area (Å²) < 4.78 is 33.5. The molecule has 0 bridgehead atoms. The van der Waals surface area contributed by atoms with Crippen LogP contribution in [0.4, 0.5) is 0 Å². The molecule has 3 rings (SSSR count). The lowest BCUT2D eigenvalue weighted by Gasteiger charge is -2.47. The second kappa shape index (κ2) is 14.4. The van der Waals surface area contributed by atoms with E-state index in [1.54, 1.807) is 6.92 Å². The van der Waals surface area contributed by atoms with Crippen molar-refractivity contribution in [3.63, 3.8) is 0 Å². The number of rotatable bonds is 11. The van der Waals surface area contributed by atoms with Gasteiger partial charge in [0, 0.05) is 0 Å². The zero-order valence-corrected chi connectivity index (χ0v) is 22.9. The van der Waals surface area contributed by atoms with Gasteiger partial charge in [-0.2, -0.15) is 0 Å². The Bertz CT molecular complexity index is 793. The van der Waals surface area contributed by atoms with Crippen molar-refractivity contribution in [2.45, 2.75) is 131 Å². The number of hydrogen-bond acceptors (Lipinski definition) is 17. The van der Waals surface area contributed by atoms with Crippen LogP contribution in [0.25, 0.3) is 0 Å². The van der Waals surface area contributed by atoms with Crippen LogP contribution in [0.1, 0.15) is 27.2 Å². The third-order valence-corrected chi connectivity index (χ3v) is 7.51. The van der Waals surface area contributed by atoms with Crippen molar-refractivity contribution >= 4 is 0 Å². The molecular formula is C24H44O17. The highest BCUT2D eigenvalue weighted by Gasteiger charge is 2.52. The van der Waals surface area contributed by atoms with Gasteiger partial charge in [-0.1, -0.05) is 6.92 Å². The fourth-order valence-corrected chi connectivity index (χ4v) is 4.95. The van der Waals surface area contributed by atoms with Gasteiger partial charge in [0.05, 0.1) is 31.5 Å². The van der Waals surface area contributed by atoms with Crippen LogP contribution in [0.15, 0.2) is 0 Å². The molecule has 0 saturated carbocycles. The molecule has 3 aliphatic heterocycles. The van der Waals surface area contributed by atoms with Gasteiger partial charge in [0.2, 0.25) is 0 Å². The highest BCUT2D eigenvalue weighted by Crippen LogP contribution is 2.32. The van der Waals surface area contributed by atoms with Gasteiger partial charge >= 0.3 is 0 Å². The second-order valence-corrected chi connectivity index (χ2v) is 11.0. The predicted molar refractivity (Wildman–Crippen MR) is 130 cm³/mol. The van der Waals surface area contributed by atoms with Crippen LogP contribution in [-0.4, -0.2) is 180 Å². The SMILES string of the molecule is CCC(OC1OC(COC2OC(CO)C(O)C(O)C2O)C(O)C(O)C1OC1OC(CO)C(O)C(O)C1O)C(C)(C)O. The lowest BCUT2D eigenvalue weighted by Crippen LogP contribution is -2.65. The molecule has 242 valence electrons. The Labute approximate surface area is 236 Å². The van der Waals surface area contributed by atoms with E-state index in [1.165, 1.54) is 13.8 Å². The average Bonchev–Trinajstić information content (AvgIpc) is 2.93. The Balaban J connectivity index is 1.79. The van der Waals surface area contributed by atoms with Crippen LogP contribution in [0.5, 0.6) is 0 Å². The number of ether oxygens (including phenoxy) is 6. The van der Waals surface area contributed by atoms with E-state index in [-0.39, 0.29) is 6.42 Å². The smallest absolute Gasteiger partial charge is 0.187 e. The Morgan fingerprint density at radius 2 is 1.10 bits per heavy atom. The van der Waals surface area contributed by atoms with E-state index in [1.807, 2.05) is 0 Å². The average molecular weight is 605 g/mol. The molecule has 16 unspecified atom stereocenters. The maximum atomic E-state index is 11.0. The van der Waals surface area contributed by atoms with Crippen LogP contribution in [0, 0.1) is 0 Å². The molecule has 0 radical (unpaired) electrons. The summed E-state index contributed by atoms with van der Waals surface area (Å²) in [5, 5.41) is 112. The first-order valence-corrected chi connectivity index (χ1v) is 13.4. The topological polar surface area (TPSA) is 278 Å². The summed E-state index contributed by atoms with van der Waals surface area (Å²) >= 11 is 0. The fraction of sp³-hybridized carbons (Fsp3) is 1.00. The first kappa shape index (κ1) is 34.8. The molecular weight excluding hydrogens is 560 g/mol. The molecule has 0 aromatic rings. The quantitative estimate of drug-likeness (QED) is 0.105. The molecule has 3 saturated heterocycles. The van der Waals surface area contributed by atoms with Crippen molar-refractivity contribution in [2.24, 2.45) is 0 Å². The van der Waals surface area contributed by atoms with Gasteiger partial charge in [0.25, 0.3) is 0 Å². The minimum Gasteiger partial charge on any atom is -0.394 e. The van der Waals surface area contributed by atoms with Gasteiger partial charge in [-0.15, -0.1) is 0 Å². The molecule has 3 aliphatic rings. The van der Waals surface area contributed by atoms with E-state index in [0.717, 1.165) is 0 Å². The third-order valence-electron chi connectivity index (χ3n) is 7.51. The Morgan fingerprint density at radius 3 is 1.59 bits per heavy atom. The van der Waals surface area contributed by atoms with Crippen LogP contribution in [-0.2, 0) is 28.4 Å². The van der Waals surface area contributed by atoms with E-state index in [0.29, 0.717) is 0 Å². The Hall–Kier alpha value is -0.680. The van der Waals surface area contributed by atoms with E-state index < -0.39 is 124 Å². The van der Waals surface area contributed by atoms with Crippen molar-refractivity contribution < 1.29 is 84.6 Å². The van der Waals surface area contributed by atoms with Crippen LogP contribution < -0.4 is 0 Å². The summed E-state index contributed by atoms with van der Waals surface area (Å²) in [6.07, 6.45) is -25.1. The first-order chi connectivity index (χ1) is 19.2. The third kappa shape index (κ3) is 7.70. The zero-order valence-electron chi connectivity index (χ0n) is 22.9. The van der Waals surface area contributed by atoms with Gasteiger partial charge in [0.1, 0.15) is 73.2 Å². The van der Waals surface area contributed by atoms with Crippen molar-refractivity contribution in [3.8, 4) is 0 Å². The molecule has 0 spiro atoms. The highest BCUT2D eigenvalue weighted by molar-refractivity contribution is 4.95. The van der Waals surface area contributed by atoms with Crippen molar-refractivity contribution in [3.05, 3.63) is 0 Å². The second-order valence-electron chi connectivity index (χ2n) is 11.0. The predicted octanol–water partition coefficient (Wildman–Crippen LogP) is -6.00. The van der Waals surface area contributed by atoms with Crippen molar-refractivity contribution in [2.75, 3.05) is 19.8 Å². The van der Waals surface area contributed by atoms with Crippen molar-refractivity contribution in [1.82, 2.24) is 0 Å². The maximum Gasteiger partial charge on any atom is 0.187 e. The summed E-state index contributed by atoms with van der Waals surface area (Å²) in [7, 11) is 0. The minimum atomic E-state index is -1.85. The molecule has 0 aliphatic carbocycles.